The van der Waals surface area contributed by atoms with E-state index in [-0.39, 0.29) is 11.5 Å². The quantitative estimate of drug-likeness (QED) is 0.320. The molecule has 152 valence electrons. The summed E-state index contributed by atoms with van der Waals surface area (Å²) < 4.78 is 30.5. The molecule has 4 rings (SSSR count). The molecule has 4 aromatic rings. The van der Waals surface area contributed by atoms with Crippen molar-refractivity contribution in [3.8, 4) is 22.6 Å². The minimum Gasteiger partial charge on any atom is -0.476 e. The predicted octanol–water partition coefficient (Wildman–Crippen LogP) is 5.34. The fourth-order valence-electron chi connectivity index (χ4n) is 2.94. The second-order valence-corrected chi connectivity index (χ2v) is 7.71. The number of benzene rings is 3. The molecule has 0 spiro atoms. The minimum absolute atomic E-state index is 0.0363. The van der Waals surface area contributed by atoms with Gasteiger partial charge in [-0.2, -0.15) is 0 Å². The van der Waals surface area contributed by atoms with Gasteiger partial charge in [-0.05, 0) is 37.6 Å². The van der Waals surface area contributed by atoms with E-state index in [2.05, 4.69) is 0 Å². The number of carbonyl (C=O) groups excluding carboxylic acids is 1. The maximum atomic E-state index is 13.8. The predicted molar refractivity (Wildman–Crippen MR) is 113 cm³/mol. The van der Waals surface area contributed by atoms with E-state index in [1.807, 2.05) is 31.2 Å². The maximum Gasteiger partial charge on any atom is 0.396 e. The Bertz CT molecular complexity index is 1270. The van der Waals surface area contributed by atoms with Crippen LogP contribution < -0.4 is 14.4 Å². The van der Waals surface area contributed by atoms with Gasteiger partial charge in [0.15, 0.2) is 23.3 Å². The van der Waals surface area contributed by atoms with Crippen LogP contribution in [0.4, 0.5) is 4.39 Å². The van der Waals surface area contributed by atoms with Crippen LogP contribution in [0.2, 0.25) is 0 Å². The highest BCUT2D eigenvalue weighted by Crippen LogP contribution is 2.34. The smallest absolute Gasteiger partial charge is 0.396 e. The van der Waals surface area contributed by atoms with Gasteiger partial charge in [0.25, 0.3) is 0 Å². The highest BCUT2D eigenvalue weighted by molar-refractivity contribution is 7.16. The van der Waals surface area contributed by atoms with Crippen molar-refractivity contribution in [3.63, 3.8) is 0 Å². The number of carbonyl (C=O) groups is 1. The van der Waals surface area contributed by atoms with Crippen molar-refractivity contribution in [1.29, 1.82) is 0 Å². The highest BCUT2D eigenvalue weighted by atomic mass is 32.1. The van der Waals surface area contributed by atoms with Crippen LogP contribution in [-0.4, -0.2) is 12.1 Å². The van der Waals surface area contributed by atoms with Crippen molar-refractivity contribution in [2.24, 2.45) is 0 Å². The molecule has 0 N–H and O–H groups in total. The summed E-state index contributed by atoms with van der Waals surface area (Å²) in [6.45, 7) is 3.45. The number of esters is 1. The molecule has 5 nitrogen and oxygen atoms in total. The summed E-state index contributed by atoms with van der Waals surface area (Å²) in [6, 6.07) is 16.7. The van der Waals surface area contributed by atoms with Crippen LogP contribution in [0.5, 0.6) is 11.5 Å². The second kappa shape index (κ2) is 8.12. The second-order valence-electron chi connectivity index (χ2n) is 6.73. The standard InChI is InChI=1S/C23H17FO5S/c1-13-7-9-15(10-8-13)17-11-16(12-20-21(17)29-23(26)30-20)28-22(25)14(2)27-19-6-4-3-5-18(19)24/h3-12,14H,1-2H3/t14-/m0/s1. The lowest BCUT2D eigenvalue weighted by molar-refractivity contribution is -0.141. The molecule has 30 heavy (non-hydrogen) atoms. The van der Waals surface area contributed by atoms with E-state index in [9.17, 15) is 14.0 Å². The zero-order valence-electron chi connectivity index (χ0n) is 16.2. The Morgan fingerprint density at radius 3 is 2.57 bits per heavy atom. The summed E-state index contributed by atoms with van der Waals surface area (Å²) in [7, 11) is 0. The summed E-state index contributed by atoms with van der Waals surface area (Å²) in [5, 5.41) is 0. The SMILES string of the molecule is Cc1ccc(-c2cc(OC(=O)[C@H](C)Oc3ccccc3F)cc3sc(=O)oc23)cc1. The number of hydrogen-bond donors (Lipinski definition) is 0. The molecule has 0 amide bonds. The normalized spacial score (nSPS) is 12.0. The van der Waals surface area contributed by atoms with Gasteiger partial charge >= 0.3 is 10.9 Å². The van der Waals surface area contributed by atoms with E-state index in [4.69, 9.17) is 13.9 Å². The molecule has 1 atom stereocenters. The van der Waals surface area contributed by atoms with Gasteiger partial charge in [0.2, 0.25) is 0 Å². The van der Waals surface area contributed by atoms with Crippen LogP contribution in [-0.2, 0) is 4.79 Å². The molecule has 0 aliphatic heterocycles. The van der Waals surface area contributed by atoms with E-state index in [1.165, 1.54) is 25.1 Å². The van der Waals surface area contributed by atoms with Crippen LogP contribution in [0.1, 0.15) is 12.5 Å². The fraction of sp³-hybridized carbons (Fsp3) is 0.130. The van der Waals surface area contributed by atoms with Gasteiger partial charge in [-0.15, -0.1) is 0 Å². The summed E-state index contributed by atoms with van der Waals surface area (Å²) in [4.78, 5) is 23.9. The highest BCUT2D eigenvalue weighted by Gasteiger charge is 2.21. The van der Waals surface area contributed by atoms with Gasteiger partial charge in [-0.1, -0.05) is 53.3 Å². The van der Waals surface area contributed by atoms with Gasteiger partial charge < -0.3 is 13.9 Å². The lowest BCUT2D eigenvalue weighted by atomic mass is 10.0. The van der Waals surface area contributed by atoms with E-state index < -0.39 is 22.8 Å². The summed E-state index contributed by atoms with van der Waals surface area (Å²) >= 11 is 0.924. The van der Waals surface area contributed by atoms with E-state index in [1.54, 1.807) is 18.2 Å². The van der Waals surface area contributed by atoms with Crippen molar-refractivity contribution in [2.75, 3.05) is 0 Å². The van der Waals surface area contributed by atoms with Crippen LogP contribution in [0, 0.1) is 12.7 Å². The maximum absolute atomic E-state index is 13.8. The Hall–Kier alpha value is -3.45. The summed E-state index contributed by atoms with van der Waals surface area (Å²) in [5.74, 6) is -1.05. The van der Waals surface area contributed by atoms with Gasteiger partial charge in [0.1, 0.15) is 5.75 Å². The van der Waals surface area contributed by atoms with Crippen LogP contribution >= 0.6 is 11.3 Å². The van der Waals surface area contributed by atoms with Crippen LogP contribution in [0.15, 0.2) is 69.9 Å². The number of halogens is 1. The first-order chi connectivity index (χ1) is 14.4. The van der Waals surface area contributed by atoms with Gasteiger partial charge in [0, 0.05) is 11.6 Å². The Morgan fingerprint density at radius 1 is 1.10 bits per heavy atom. The molecule has 1 aromatic heterocycles. The Morgan fingerprint density at radius 2 is 1.83 bits per heavy atom. The molecular formula is C23H17FO5S. The van der Waals surface area contributed by atoms with Crippen LogP contribution in [0.3, 0.4) is 0 Å². The topological polar surface area (TPSA) is 65.7 Å². The molecule has 0 fully saturated rings. The van der Waals surface area contributed by atoms with Crippen LogP contribution in [0.25, 0.3) is 21.4 Å². The lowest BCUT2D eigenvalue weighted by Crippen LogP contribution is -2.28. The largest absolute Gasteiger partial charge is 0.476 e. The fourth-order valence-corrected chi connectivity index (χ4v) is 3.66. The van der Waals surface area contributed by atoms with E-state index in [0.717, 1.165) is 22.5 Å². The molecule has 0 bridgehead atoms. The minimum atomic E-state index is -1.04. The van der Waals surface area contributed by atoms with Crippen molar-refractivity contribution >= 4 is 27.6 Å². The van der Waals surface area contributed by atoms with Crippen molar-refractivity contribution in [3.05, 3.63) is 81.8 Å². The molecular weight excluding hydrogens is 407 g/mol. The average molecular weight is 424 g/mol. The zero-order chi connectivity index (χ0) is 21.3. The average Bonchev–Trinajstić information content (AvgIpc) is 3.09. The first kappa shape index (κ1) is 19.8. The summed E-state index contributed by atoms with van der Waals surface area (Å²) in [6.07, 6.45) is -1.04. The Balaban J connectivity index is 1.64. The number of para-hydroxylation sites is 1. The number of ether oxygens (including phenoxy) is 2. The summed E-state index contributed by atoms with van der Waals surface area (Å²) in [5.41, 5.74) is 2.98. The third kappa shape index (κ3) is 4.11. The number of fused-ring (bicyclic) bond motifs is 1. The zero-order valence-corrected chi connectivity index (χ0v) is 17.0. The third-order valence-corrected chi connectivity index (χ3v) is 5.23. The lowest BCUT2D eigenvalue weighted by Gasteiger charge is -2.15. The molecule has 0 saturated heterocycles. The molecule has 1 heterocycles. The Labute approximate surface area is 175 Å². The third-order valence-electron chi connectivity index (χ3n) is 4.46. The van der Waals surface area contributed by atoms with Gasteiger partial charge in [0.05, 0.1) is 4.70 Å². The molecule has 0 aliphatic carbocycles. The monoisotopic (exact) mass is 424 g/mol. The van der Waals surface area contributed by atoms with Crippen molar-refractivity contribution in [1.82, 2.24) is 0 Å². The number of rotatable bonds is 5. The first-order valence-electron chi connectivity index (χ1n) is 9.18. The van der Waals surface area contributed by atoms with Gasteiger partial charge in [-0.3, -0.25) is 0 Å². The van der Waals surface area contributed by atoms with Crippen molar-refractivity contribution in [2.45, 2.75) is 20.0 Å². The number of aryl methyl sites for hydroxylation is 1. The van der Waals surface area contributed by atoms with E-state index in [0.29, 0.717) is 15.8 Å². The number of hydrogen-bond acceptors (Lipinski definition) is 6. The first-order valence-corrected chi connectivity index (χ1v) is 10.00. The molecule has 0 aliphatic rings. The molecule has 0 saturated carbocycles. The molecule has 0 radical (unpaired) electrons. The Kier molecular flexibility index (Phi) is 5.37. The molecule has 3 aromatic carbocycles. The van der Waals surface area contributed by atoms with E-state index >= 15 is 0 Å². The van der Waals surface area contributed by atoms with Crippen molar-refractivity contribution < 1.29 is 23.1 Å². The molecule has 7 heteroatoms. The molecule has 0 unspecified atom stereocenters. The van der Waals surface area contributed by atoms with Gasteiger partial charge in [-0.25, -0.2) is 14.0 Å².